The molecule has 0 aliphatic heterocycles. The molecule has 1 unspecified atom stereocenters. The number of hydrogen-bond donors (Lipinski definition) is 7. The van der Waals surface area contributed by atoms with Crippen LogP contribution in [-0.2, 0) is 9.47 Å². The zero-order valence-corrected chi connectivity index (χ0v) is 18.4. The number of carbonyl (C=O) groups is 2. The van der Waals surface area contributed by atoms with Crippen molar-refractivity contribution in [1.82, 2.24) is 0 Å². The zero-order chi connectivity index (χ0) is 25.3. The van der Waals surface area contributed by atoms with Crippen LogP contribution < -0.4 is 0 Å². The molecule has 2 aromatic rings. The van der Waals surface area contributed by atoms with Crippen molar-refractivity contribution in [2.75, 3.05) is 6.61 Å². The Balaban J connectivity index is 2.11. The number of hydrogen-bond acceptors (Lipinski definition) is 11. The number of phenolic OH excluding ortho intramolecular Hbond substituents is 6. The van der Waals surface area contributed by atoms with E-state index in [0.29, 0.717) is 0 Å². The molecule has 33 heavy (non-hydrogen) atoms. The quantitative estimate of drug-likeness (QED) is 0.233. The monoisotopic (exact) mass is 466 g/mol. The molecule has 2 rings (SSSR count). The van der Waals surface area contributed by atoms with Crippen LogP contribution in [0, 0.1) is 5.41 Å². The van der Waals surface area contributed by atoms with Gasteiger partial charge in [0.1, 0.15) is 11.7 Å². The van der Waals surface area contributed by atoms with E-state index in [1.807, 2.05) is 0 Å². The number of benzene rings is 2. The first-order chi connectivity index (χ1) is 15.1. The summed E-state index contributed by atoms with van der Waals surface area (Å²) in [5, 5.41) is 67.8. The fourth-order valence-corrected chi connectivity index (χ4v) is 3.15. The largest absolute Gasteiger partial charge is 0.504 e. The lowest BCUT2D eigenvalue weighted by atomic mass is 9.79. The Morgan fingerprint density at radius 1 is 0.758 bits per heavy atom. The molecule has 0 saturated carbocycles. The Hall–Kier alpha value is -3.86. The minimum absolute atomic E-state index is 0.245. The van der Waals surface area contributed by atoms with Gasteiger partial charge in [-0.1, -0.05) is 13.8 Å². The molecule has 7 N–H and O–H groups in total. The summed E-state index contributed by atoms with van der Waals surface area (Å²) in [6.45, 7) is 5.50. The van der Waals surface area contributed by atoms with Crippen molar-refractivity contribution in [1.29, 1.82) is 0 Å². The topological polar surface area (TPSA) is 194 Å². The average Bonchev–Trinajstić information content (AvgIpc) is 2.72. The molecular weight excluding hydrogens is 440 g/mol. The SMILES string of the molecule is CC(C)(COC(=O)c1cc(O)c(O)c(O)c1)C(O)C(C)(C)OC(=O)c1cc(O)c(O)c(O)c1. The highest BCUT2D eigenvalue weighted by Crippen LogP contribution is 2.38. The number of esters is 2. The van der Waals surface area contributed by atoms with Crippen LogP contribution >= 0.6 is 0 Å². The third-order valence-electron chi connectivity index (χ3n) is 4.94. The van der Waals surface area contributed by atoms with Gasteiger partial charge >= 0.3 is 11.9 Å². The van der Waals surface area contributed by atoms with Gasteiger partial charge < -0.3 is 45.2 Å². The highest BCUT2D eigenvalue weighted by Gasteiger charge is 2.43. The summed E-state index contributed by atoms with van der Waals surface area (Å²) < 4.78 is 10.5. The van der Waals surface area contributed by atoms with E-state index in [0.717, 1.165) is 24.3 Å². The van der Waals surface area contributed by atoms with E-state index in [-0.39, 0.29) is 17.7 Å². The van der Waals surface area contributed by atoms with Crippen molar-refractivity contribution in [3.8, 4) is 34.5 Å². The normalized spacial score (nSPS) is 12.8. The van der Waals surface area contributed by atoms with Crippen molar-refractivity contribution in [2.24, 2.45) is 5.41 Å². The molecule has 0 amide bonds. The third kappa shape index (κ3) is 5.50. The van der Waals surface area contributed by atoms with Gasteiger partial charge in [0.15, 0.2) is 34.5 Å². The Bertz CT molecular complexity index is 1030. The van der Waals surface area contributed by atoms with Gasteiger partial charge in [-0.15, -0.1) is 0 Å². The van der Waals surface area contributed by atoms with E-state index in [4.69, 9.17) is 9.47 Å². The van der Waals surface area contributed by atoms with Crippen molar-refractivity contribution >= 4 is 11.9 Å². The van der Waals surface area contributed by atoms with Crippen LogP contribution in [0.15, 0.2) is 24.3 Å². The van der Waals surface area contributed by atoms with E-state index >= 15 is 0 Å². The Labute approximate surface area is 188 Å². The highest BCUT2D eigenvalue weighted by molar-refractivity contribution is 5.92. The van der Waals surface area contributed by atoms with E-state index in [1.54, 1.807) is 0 Å². The number of carbonyl (C=O) groups excluding carboxylic acids is 2. The van der Waals surface area contributed by atoms with Crippen LogP contribution in [0.4, 0.5) is 0 Å². The van der Waals surface area contributed by atoms with Crippen LogP contribution in [0.2, 0.25) is 0 Å². The maximum Gasteiger partial charge on any atom is 0.339 e. The molecule has 0 saturated heterocycles. The van der Waals surface area contributed by atoms with Gasteiger partial charge in [-0.05, 0) is 38.1 Å². The van der Waals surface area contributed by atoms with Crippen molar-refractivity contribution in [2.45, 2.75) is 39.4 Å². The Morgan fingerprint density at radius 2 is 1.12 bits per heavy atom. The Morgan fingerprint density at radius 3 is 1.52 bits per heavy atom. The maximum absolute atomic E-state index is 12.5. The molecule has 11 nitrogen and oxygen atoms in total. The number of aliphatic hydroxyl groups is 1. The van der Waals surface area contributed by atoms with Crippen molar-refractivity contribution in [3.63, 3.8) is 0 Å². The van der Waals surface area contributed by atoms with E-state index in [2.05, 4.69) is 0 Å². The van der Waals surface area contributed by atoms with E-state index in [9.17, 15) is 45.3 Å². The predicted octanol–water partition coefficient (Wildman–Crippen LogP) is 2.10. The van der Waals surface area contributed by atoms with E-state index in [1.165, 1.54) is 27.7 Å². The minimum atomic E-state index is -1.54. The lowest BCUT2D eigenvalue weighted by Gasteiger charge is -2.40. The molecule has 180 valence electrons. The number of aliphatic hydroxyl groups excluding tert-OH is 1. The number of ether oxygens (including phenoxy) is 2. The summed E-state index contributed by atoms with van der Waals surface area (Å²) in [6.07, 6.45) is -1.39. The summed E-state index contributed by atoms with van der Waals surface area (Å²) in [5.41, 5.74) is -3.23. The molecule has 11 heteroatoms. The molecule has 0 bridgehead atoms. The second kappa shape index (κ2) is 8.94. The van der Waals surface area contributed by atoms with Crippen LogP contribution in [0.25, 0.3) is 0 Å². The van der Waals surface area contributed by atoms with Gasteiger partial charge in [0.05, 0.1) is 17.7 Å². The van der Waals surface area contributed by atoms with Crippen LogP contribution in [0.3, 0.4) is 0 Å². The van der Waals surface area contributed by atoms with Crippen LogP contribution in [0.5, 0.6) is 34.5 Å². The summed E-state index contributed by atoms with van der Waals surface area (Å²) >= 11 is 0. The fraction of sp³-hybridized carbons (Fsp3) is 0.364. The predicted molar refractivity (Wildman–Crippen MR) is 112 cm³/mol. The van der Waals surface area contributed by atoms with Gasteiger partial charge in [0.2, 0.25) is 0 Å². The molecule has 0 aliphatic rings. The lowest BCUT2D eigenvalue weighted by Crippen LogP contribution is -2.51. The number of aromatic hydroxyl groups is 6. The molecule has 0 fully saturated rings. The highest BCUT2D eigenvalue weighted by atomic mass is 16.6. The minimum Gasteiger partial charge on any atom is -0.504 e. The van der Waals surface area contributed by atoms with Gasteiger partial charge in [-0.3, -0.25) is 0 Å². The lowest BCUT2D eigenvalue weighted by molar-refractivity contribution is -0.125. The third-order valence-corrected chi connectivity index (χ3v) is 4.94. The van der Waals surface area contributed by atoms with Gasteiger partial charge in [0, 0.05) is 5.41 Å². The first kappa shape index (κ1) is 25.4. The second-order valence-corrected chi connectivity index (χ2v) is 8.69. The van der Waals surface area contributed by atoms with E-state index < -0.39 is 63.6 Å². The Kier molecular flexibility index (Phi) is 6.88. The fourth-order valence-electron chi connectivity index (χ4n) is 3.15. The number of phenols is 6. The summed E-state index contributed by atoms with van der Waals surface area (Å²) in [6, 6.07) is 3.56. The van der Waals surface area contributed by atoms with Crippen molar-refractivity contribution in [3.05, 3.63) is 35.4 Å². The average molecular weight is 466 g/mol. The molecule has 0 heterocycles. The summed E-state index contributed by atoms with van der Waals surface area (Å²) in [7, 11) is 0. The van der Waals surface area contributed by atoms with Gasteiger partial charge in [0.25, 0.3) is 0 Å². The first-order valence-electron chi connectivity index (χ1n) is 9.65. The van der Waals surface area contributed by atoms with Gasteiger partial charge in [-0.25, -0.2) is 9.59 Å². The standard InChI is InChI=1S/C22H26O11/c1-21(2,9-32-18(29)10-5-12(23)16(27)13(24)6-10)20(31)22(3,4)33-19(30)11-7-14(25)17(28)15(26)8-11/h5-8,20,23-28,31H,9H2,1-4H3. The van der Waals surface area contributed by atoms with Gasteiger partial charge in [-0.2, -0.15) is 0 Å². The summed E-state index contributed by atoms with van der Waals surface area (Å²) in [4.78, 5) is 24.7. The molecule has 2 aromatic carbocycles. The molecule has 0 radical (unpaired) electrons. The molecule has 0 aliphatic carbocycles. The molecular formula is C22H26O11. The molecule has 1 atom stereocenters. The van der Waals surface area contributed by atoms with Crippen LogP contribution in [0.1, 0.15) is 48.4 Å². The molecule has 0 aromatic heterocycles. The second-order valence-electron chi connectivity index (χ2n) is 8.69. The molecule has 0 spiro atoms. The smallest absolute Gasteiger partial charge is 0.339 e. The van der Waals surface area contributed by atoms with Crippen LogP contribution in [-0.4, -0.2) is 66.0 Å². The summed E-state index contributed by atoms with van der Waals surface area (Å²) in [5.74, 6) is -6.47. The first-order valence-corrected chi connectivity index (χ1v) is 9.65. The number of rotatable bonds is 7. The van der Waals surface area contributed by atoms with Crippen molar-refractivity contribution < 1.29 is 54.8 Å². The zero-order valence-electron chi connectivity index (χ0n) is 18.4. The maximum atomic E-state index is 12.5.